The second-order valence-electron chi connectivity index (χ2n) is 8.50. The lowest BCUT2D eigenvalue weighted by molar-refractivity contribution is -0.135. The summed E-state index contributed by atoms with van der Waals surface area (Å²) in [7, 11) is 3.45. The molecule has 0 radical (unpaired) electrons. The highest BCUT2D eigenvalue weighted by Gasteiger charge is 2.31. The fraction of sp³-hybridized carbons (Fsp3) is 0.667. The lowest BCUT2D eigenvalue weighted by Crippen LogP contribution is -2.45. The van der Waals surface area contributed by atoms with Crippen LogP contribution in [0.25, 0.3) is 0 Å². The van der Waals surface area contributed by atoms with E-state index in [2.05, 4.69) is 15.6 Å². The quantitative estimate of drug-likeness (QED) is 0.210. The van der Waals surface area contributed by atoms with Crippen LogP contribution < -0.4 is 15.4 Å². The molecule has 0 aromatic heterocycles. The van der Waals surface area contributed by atoms with E-state index in [0.717, 1.165) is 62.6 Å². The predicted octanol–water partition coefficient (Wildman–Crippen LogP) is 3.57. The minimum Gasteiger partial charge on any atom is -0.497 e. The van der Waals surface area contributed by atoms with Gasteiger partial charge in [0, 0.05) is 45.2 Å². The van der Waals surface area contributed by atoms with Crippen LogP contribution in [0.2, 0.25) is 0 Å². The summed E-state index contributed by atoms with van der Waals surface area (Å²) in [6.45, 7) is 3.71. The van der Waals surface area contributed by atoms with Gasteiger partial charge in [0.15, 0.2) is 5.96 Å². The molecule has 32 heavy (non-hydrogen) atoms. The molecule has 1 aliphatic carbocycles. The topological polar surface area (TPSA) is 75.2 Å². The highest BCUT2D eigenvalue weighted by atomic mass is 127. The third-order valence-corrected chi connectivity index (χ3v) is 6.20. The van der Waals surface area contributed by atoms with Gasteiger partial charge in [-0.2, -0.15) is 0 Å². The minimum atomic E-state index is 0. The van der Waals surface area contributed by atoms with Gasteiger partial charge in [-0.25, -0.2) is 0 Å². The van der Waals surface area contributed by atoms with E-state index >= 15 is 0 Å². The zero-order chi connectivity index (χ0) is 21.9. The average molecular weight is 559 g/mol. The number of methoxy groups -OCH3 is 1. The van der Waals surface area contributed by atoms with Crippen LogP contribution in [0.3, 0.4) is 0 Å². The van der Waals surface area contributed by atoms with Gasteiger partial charge < -0.3 is 25.0 Å². The van der Waals surface area contributed by atoms with Crippen molar-refractivity contribution in [3.63, 3.8) is 0 Å². The first-order chi connectivity index (χ1) is 15.2. The minimum absolute atomic E-state index is 0. The molecule has 1 saturated carbocycles. The van der Waals surface area contributed by atoms with E-state index in [0.29, 0.717) is 19.1 Å². The second-order valence-corrected chi connectivity index (χ2v) is 8.50. The summed E-state index contributed by atoms with van der Waals surface area (Å²) in [4.78, 5) is 19.1. The Labute approximate surface area is 209 Å². The first kappa shape index (κ1) is 26.7. The maximum atomic E-state index is 12.7. The predicted molar refractivity (Wildman–Crippen MR) is 139 cm³/mol. The van der Waals surface area contributed by atoms with E-state index in [-0.39, 0.29) is 35.9 Å². The van der Waals surface area contributed by atoms with Crippen LogP contribution in [0.4, 0.5) is 0 Å². The number of ether oxygens (including phenoxy) is 2. The summed E-state index contributed by atoms with van der Waals surface area (Å²) in [6, 6.07) is 8.20. The van der Waals surface area contributed by atoms with Crippen LogP contribution in [0.15, 0.2) is 29.3 Å². The third-order valence-electron chi connectivity index (χ3n) is 6.20. The maximum Gasteiger partial charge on any atom is 0.225 e. The van der Waals surface area contributed by atoms with Crippen molar-refractivity contribution in [3.8, 4) is 5.75 Å². The smallest absolute Gasteiger partial charge is 0.225 e. The van der Waals surface area contributed by atoms with Gasteiger partial charge in [-0.1, -0.05) is 31.4 Å². The fourth-order valence-corrected chi connectivity index (χ4v) is 4.37. The van der Waals surface area contributed by atoms with Crippen molar-refractivity contribution in [3.05, 3.63) is 29.8 Å². The van der Waals surface area contributed by atoms with E-state index in [4.69, 9.17) is 9.47 Å². The zero-order valence-corrected chi connectivity index (χ0v) is 21.8. The Morgan fingerprint density at radius 1 is 1.16 bits per heavy atom. The molecule has 1 atom stereocenters. The third kappa shape index (κ3) is 8.42. The number of benzene rings is 1. The van der Waals surface area contributed by atoms with Crippen molar-refractivity contribution in [2.45, 2.75) is 57.6 Å². The number of aliphatic imine (C=N–C) groups is 1. The molecule has 1 heterocycles. The van der Waals surface area contributed by atoms with Gasteiger partial charge >= 0.3 is 0 Å². The number of amides is 1. The number of nitrogens with one attached hydrogen (secondary N) is 2. The molecule has 7 nitrogen and oxygen atoms in total. The molecule has 8 heteroatoms. The Morgan fingerprint density at radius 3 is 2.59 bits per heavy atom. The van der Waals surface area contributed by atoms with Gasteiger partial charge in [0.2, 0.25) is 5.91 Å². The van der Waals surface area contributed by atoms with Gasteiger partial charge in [-0.15, -0.1) is 24.0 Å². The van der Waals surface area contributed by atoms with Crippen LogP contribution in [-0.4, -0.2) is 63.2 Å². The van der Waals surface area contributed by atoms with E-state index in [9.17, 15) is 4.79 Å². The molecule has 2 N–H and O–H groups in total. The molecule has 1 unspecified atom stereocenters. The first-order valence-electron chi connectivity index (χ1n) is 11.7. The van der Waals surface area contributed by atoms with Gasteiger partial charge in [-0.05, 0) is 43.4 Å². The molecule has 180 valence electrons. The molecule has 1 amide bonds. The van der Waals surface area contributed by atoms with Crippen molar-refractivity contribution in [1.82, 2.24) is 15.5 Å². The molecule has 2 fully saturated rings. The summed E-state index contributed by atoms with van der Waals surface area (Å²) in [5.41, 5.74) is 1.14. The number of hydrogen-bond donors (Lipinski definition) is 2. The number of rotatable bonds is 9. The summed E-state index contributed by atoms with van der Waals surface area (Å²) in [5.74, 6) is 2.27. The summed E-state index contributed by atoms with van der Waals surface area (Å²) in [5, 5.41) is 6.83. The molecular formula is C24H39IN4O3. The van der Waals surface area contributed by atoms with E-state index in [1.807, 2.05) is 29.2 Å². The maximum absolute atomic E-state index is 12.7. The zero-order valence-electron chi connectivity index (χ0n) is 19.5. The Morgan fingerprint density at radius 2 is 1.91 bits per heavy atom. The van der Waals surface area contributed by atoms with Gasteiger partial charge in [0.25, 0.3) is 0 Å². The van der Waals surface area contributed by atoms with Crippen LogP contribution in [0.1, 0.15) is 50.5 Å². The highest BCUT2D eigenvalue weighted by Crippen LogP contribution is 2.26. The van der Waals surface area contributed by atoms with Crippen molar-refractivity contribution in [2.75, 3.05) is 40.4 Å². The molecule has 0 bridgehead atoms. The Kier molecular flexibility index (Phi) is 12.2. The van der Waals surface area contributed by atoms with E-state index in [1.54, 1.807) is 14.2 Å². The van der Waals surface area contributed by atoms with Gasteiger partial charge in [0.05, 0.1) is 13.7 Å². The average Bonchev–Trinajstić information content (AvgIpc) is 3.29. The summed E-state index contributed by atoms with van der Waals surface area (Å²) >= 11 is 0. The molecule has 2 aliphatic rings. The number of hydrogen-bond acceptors (Lipinski definition) is 4. The van der Waals surface area contributed by atoms with Crippen molar-refractivity contribution in [1.29, 1.82) is 0 Å². The normalized spacial score (nSPS) is 19.4. The van der Waals surface area contributed by atoms with Crippen molar-refractivity contribution >= 4 is 35.8 Å². The van der Waals surface area contributed by atoms with Crippen molar-refractivity contribution < 1.29 is 14.3 Å². The molecule has 1 aromatic rings. The molecule has 0 spiro atoms. The van der Waals surface area contributed by atoms with Crippen LogP contribution in [-0.2, 0) is 16.1 Å². The molecule has 1 saturated heterocycles. The Bertz CT molecular complexity index is 708. The Balaban J connectivity index is 0.00000363. The molecule has 1 aliphatic heterocycles. The number of guanidine groups is 1. The fourth-order valence-electron chi connectivity index (χ4n) is 4.37. The second kappa shape index (κ2) is 14.6. The number of carbonyl (C=O) groups excluding carboxylic acids is 1. The van der Waals surface area contributed by atoms with E-state index in [1.165, 1.54) is 19.3 Å². The highest BCUT2D eigenvalue weighted by molar-refractivity contribution is 14.0. The molecular weight excluding hydrogens is 519 g/mol. The number of carbonyl (C=O) groups is 1. The monoisotopic (exact) mass is 558 g/mol. The van der Waals surface area contributed by atoms with Crippen molar-refractivity contribution in [2.24, 2.45) is 10.9 Å². The van der Waals surface area contributed by atoms with Gasteiger partial charge in [-0.3, -0.25) is 9.79 Å². The standard InChI is InChI=1S/C24H38N4O3.HI/c1-25-24(26-14-6-16-31-18-19-9-11-22(30-2)12-10-19)27-21-13-15-28(17-21)23(29)20-7-4-3-5-8-20;/h9-12,20-21H,3-8,13-18H2,1-2H3,(H2,25,26,27);1H. The van der Waals surface area contributed by atoms with Crippen LogP contribution in [0.5, 0.6) is 5.75 Å². The Hall–Kier alpha value is -1.55. The SMILES string of the molecule is CN=C(NCCCOCc1ccc(OC)cc1)NC1CCN(C(=O)C2CCCCC2)C1.I. The van der Waals surface area contributed by atoms with Crippen LogP contribution >= 0.6 is 24.0 Å². The number of nitrogens with zero attached hydrogens (tertiary/aromatic N) is 2. The lowest BCUT2D eigenvalue weighted by atomic mass is 9.88. The number of halogens is 1. The lowest BCUT2D eigenvalue weighted by Gasteiger charge is -2.26. The van der Waals surface area contributed by atoms with E-state index < -0.39 is 0 Å². The molecule has 3 rings (SSSR count). The van der Waals surface area contributed by atoms with Crippen LogP contribution in [0, 0.1) is 5.92 Å². The first-order valence-corrected chi connectivity index (χ1v) is 11.7. The summed E-state index contributed by atoms with van der Waals surface area (Å²) in [6.07, 6.45) is 7.69. The largest absolute Gasteiger partial charge is 0.497 e. The summed E-state index contributed by atoms with van der Waals surface area (Å²) < 4.78 is 10.9. The molecule has 1 aromatic carbocycles. The van der Waals surface area contributed by atoms with Gasteiger partial charge in [0.1, 0.15) is 5.75 Å². The number of likely N-dealkylation sites (tertiary alicyclic amines) is 1.